The standard InChI is InChI=1S/C25H27N3O4.2H2/c1-28(2)25(32)17-12-8-14-19(22(17)29)27-21-20(23(30)24(21)31)26-18-13-7-6-11-16(18)15-9-4-3-5-10-15;;/h3-5,8-10,12,14,16,18,26-27,29H,6-7,11,13H2,1-2H3;2*1H/t16-,18+;;/m1../s1. The first-order valence-electron chi connectivity index (χ1n) is 10.8. The Morgan fingerprint density at radius 2 is 1.66 bits per heavy atom. The van der Waals surface area contributed by atoms with Gasteiger partial charge >= 0.3 is 0 Å². The Bertz CT molecular complexity index is 1210. The summed E-state index contributed by atoms with van der Waals surface area (Å²) >= 11 is 0. The van der Waals surface area contributed by atoms with Crippen LogP contribution in [0.15, 0.2) is 58.1 Å². The molecule has 0 saturated heterocycles. The second kappa shape index (κ2) is 8.86. The topological polar surface area (TPSA) is 98.7 Å². The molecule has 0 unspecified atom stereocenters. The van der Waals surface area contributed by atoms with E-state index in [1.54, 1.807) is 26.2 Å². The van der Waals surface area contributed by atoms with Crippen LogP contribution < -0.4 is 21.5 Å². The van der Waals surface area contributed by atoms with Crippen molar-refractivity contribution >= 4 is 23.0 Å². The first kappa shape index (κ1) is 21.6. The van der Waals surface area contributed by atoms with Crippen LogP contribution in [0.3, 0.4) is 0 Å². The third kappa shape index (κ3) is 3.98. The molecule has 3 aromatic carbocycles. The number of nitrogens with zero attached hydrogens (tertiary/aromatic N) is 1. The minimum absolute atomic E-state index is 0. The summed E-state index contributed by atoms with van der Waals surface area (Å²) in [6, 6.07) is 14.9. The molecule has 1 aliphatic carbocycles. The van der Waals surface area contributed by atoms with E-state index in [2.05, 4.69) is 22.8 Å². The minimum Gasteiger partial charge on any atom is -0.505 e. The summed E-state index contributed by atoms with van der Waals surface area (Å²) in [4.78, 5) is 38.4. The van der Waals surface area contributed by atoms with Crippen molar-refractivity contribution in [2.45, 2.75) is 37.6 Å². The van der Waals surface area contributed by atoms with Crippen molar-refractivity contribution in [1.29, 1.82) is 0 Å². The van der Waals surface area contributed by atoms with Gasteiger partial charge in [0.25, 0.3) is 16.8 Å². The molecular weight excluding hydrogens is 406 g/mol. The number of carbonyl (C=O) groups is 1. The van der Waals surface area contributed by atoms with Crippen LogP contribution in [-0.2, 0) is 0 Å². The number of hydrogen-bond donors (Lipinski definition) is 3. The molecule has 3 N–H and O–H groups in total. The van der Waals surface area contributed by atoms with E-state index >= 15 is 0 Å². The van der Waals surface area contributed by atoms with Gasteiger partial charge in [-0.05, 0) is 30.5 Å². The number of benzene rings is 2. The summed E-state index contributed by atoms with van der Waals surface area (Å²) in [6.45, 7) is 0. The molecule has 4 rings (SSSR count). The van der Waals surface area contributed by atoms with Crippen LogP contribution in [0.1, 0.15) is 50.4 Å². The number of para-hydroxylation sites is 1. The first-order chi connectivity index (χ1) is 15.4. The molecule has 0 heterocycles. The van der Waals surface area contributed by atoms with Gasteiger partial charge in [0.15, 0.2) is 5.75 Å². The van der Waals surface area contributed by atoms with Crippen LogP contribution in [0, 0.1) is 0 Å². The van der Waals surface area contributed by atoms with Gasteiger partial charge in [0.2, 0.25) is 0 Å². The van der Waals surface area contributed by atoms with Crippen molar-refractivity contribution in [3.05, 3.63) is 80.1 Å². The first-order valence-corrected chi connectivity index (χ1v) is 10.8. The normalized spacial score (nSPS) is 18.3. The second-order valence-electron chi connectivity index (χ2n) is 8.49. The largest absolute Gasteiger partial charge is 0.505 e. The smallest absolute Gasteiger partial charge is 0.257 e. The molecule has 1 aliphatic rings. The van der Waals surface area contributed by atoms with Crippen molar-refractivity contribution in [2.24, 2.45) is 0 Å². The highest BCUT2D eigenvalue weighted by molar-refractivity contribution is 5.99. The molecule has 3 aromatic rings. The second-order valence-corrected chi connectivity index (χ2v) is 8.49. The van der Waals surface area contributed by atoms with Crippen molar-refractivity contribution in [1.82, 2.24) is 4.90 Å². The highest BCUT2D eigenvalue weighted by Gasteiger charge is 2.31. The quantitative estimate of drug-likeness (QED) is 0.397. The Morgan fingerprint density at radius 3 is 2.38 bits per heavy atom. The fourth-order valence-corrected chi connectivity index (χ4v) is 4.43. The molecule has 1 saturated carbocycles. The number of amides is 1. The lowest BCUT2D eigenvalue weighted by Gasteiger charge is -2.34. The number of carbonyl (C=O) groups excluding carboxylic acids is 1. The number of phenols is 1. The Kier molecular flexibility index (Phi) is 5.99. The molecule has 2 atom stereocenters. The van der Waals surface area contributed by atoms with E-state index in [0.717, 1.165) is 25.7 Å². The lowest BCUT2D eigenvalue weighted by Crippen LogP contribution is -2.41. The van der Waals surface area contributed by atoms with Gasteiger partial charge in [-0.2, -0.15) is 0 Å². The Morgan fingerprint density at radius 1 is 0.969 bits per heavy atom. The van der Waals surface area contributed by atoms with E-state index in [-0.39, 0.29) is 49.1 Å². The van der Waals surface area contributed by atoms with Gasteiger partial charge in [-0.1, -0.05) is 49.2 Å². The summed E-state index contributed by atoms with van der Waals surface area (Å²) < 4.78 is 0. The Hall–Kier alpha value is -3.61. The van der Waals surface area contributed by atoms with Gasteiger partial charge in [0, 0.05) is 28.9 Å². The summed E-state index contributed by atoms with van der Waals surface area (Å²) in [5.41, 5.74) is 0.697. The molecule has 1 fully saturated rings. The molecular formula is C25H31N3O4. The highest BCUT2D eigenvalue weighted by atomic mass is 16.3. The van der Waals surface area contributed by atoms with Gasteiger partial charge in [0.05, 0.1) is 11.3 Å². The average Bonchev–Trinajstić information content (AvgIpc) is 2.82. The predicted octanol–water partition coefficient (Wildman–Crippen LogP) is 4.06. The van der Waals surface area contributed by atoms with E-state index in [4.69, 9.17) is 0 Å². The van der Waals surface area contributed by atoms with Crippen LogP contribution in [-0.4, -0.2) is 36.1 Å². The zero-order chi connectivity index (χ0) is 22.8. The lowest BCUT2D eigenvalue weighted by molar-refractivity contribution is 0.0824. The molecule has 1 amide bonds. The van der Waals surface area contributed by atoms with Crippen molar-refractivity contribution in [3.63, 3.8) is 0 Å². The maximum absolute atomic E-state index is 12.4. The van der Waals surface area contributed by atoms with Gasteiger partial charge in [-0.15, -0.1) is 0 Å². The van der Waals surface area contributed by atoms with E-state index in [1.807, 2.05) is 18.2 Å². The summed E-state index contributed by atoms with van der Waals surface area (Å²) in [5, 5.41) is 16.8. The number of hydrogen-bond acceptors (Lipinski definition) is 6. The molecule has 170 valence electrons. The summed E-state index contributed by atoms with van der Waals surface area (Å²) in [5.74, 6) is -0.371. The molecule has 0 bridgehead atoms. The zero-order valence-corrected chi connectivity index (χ0v) is 18.2. The van der Waals surface area contributed by atoms with Crippen LogP contribution >= 0.6 is 0 Å². The van der Waals surface area contributed by atoms with Crippen LogP contribution in [0.5, 0.6) is 5.75 Å². The fraction of sp³-hybridized carbons (Fsp3) is 0.320. The van der Waals surface area contributed by atoms with Crippen LogP contribution in [0.4, 0.5) is 17.1 Å². The molecule has 0 spiro atoms. The molecule has 32 heavy (non-hydrogen) atoms. The summed E-state index contributed by atoms with van der Waals surface area (Å²) in [7, 11) is 3.18. The van der Waals surface area contributed by atoms with Gasteiger partial charge in [-0.3, -0.25) is 14.4 Å². The number of nitrogens with one attached hydrogen (secondary N) is 2. The Balaban J connectivity index is 0.00000204. The predicted molar refractivity (Wildman–Crippen MR) is 130 cm³/mol. The fourth-order valence-electron chi connectivity index (χ4n) is 4.43. The monoisotopic (exact) mass is 437 g/mol. The number of anilines is 3. The lowest BCUT2D eigenvalue weighted by atomic mass is 9.79. The molecule has 0 radical (unpaired) electrons. The van der Waals surface area contributed by atoms with Crippen molar-refractivity contribution in [2.75, 3.05) is 24.7 Å². The third-order valence-electron chi connectivity index (χ3n) is 6.17. The van der Waals surface area contributed by atoms with Crippen LogP contribution in [0.2, 0.25) is 0 Å². The van der Waals surface area contributed by atoms with E-state index in [0.29, 0.717) is 0 Å². The zero-order valence-electron chi connectivity index (χ0n) is 18.2. The number of aromatic hydroxyl groups is 1. The minimum atomic E-state index is -0.636. The van der Waals surface area contributed by atoms with Gasteiger partial charge in [0.1, 0.15) is 11.4 Å². The van der Waals surface area contributed by atoms with E-state index in [9.17, 15) is 19.5 Å². The van der Waals surface area contributed by atoms with Crippen molar-refractivity contribution < 1.29 is 12.8 Å². The molecule has 0 aliphatic heterocycles. The SMILES string of the molecule is CN(C)C(=O)c1cccc(Nc2c(N[C@H]3CCCC[C@@H]3c3ccccc3)c(=O)c2=O)c1O.[HH].[HH]. The maximum atomic E-state index is 12.4. The average molecular weight is 438 g/mol. The molecule has 7 heteroatoms. The van der Waals surface area contributed by atoms with E-state index < -0.39 is 10.9 Å². The molecule has 0 aromatic heterocycles. The van der Waals surface area contributed by atoms with E-state index in [1.165, 1.54) is 16.5 Å². The summed E-state index contributed by atoms with van der Waals surface area (Å²) in [6.07, 6.45) is 4.08. The maximum Gasteiger partial charge on any atom is 0.257 e. The Labute approximate surface area is 189 Å². The van der Waals surface area contributed by atoms with Crippen molar-refractivity contribution in [3.8, 4) is 5.75 Å². The number of rotatable bonds is 6. The number of phenolic OH excluding ortho intramolecular Hbond substituents is 1. The molecule has 7 nitrogen and oxygen atoms in total. The van der Waals surface area contributed by atoms with Gasteiger partial charge < -0.3 is 20.6 Å². The van der Waals surface area contributed by atoms with Gasteiger partial charge in [-0.25, -0.2) is 0 Å². The third-order valence-corrected chi connectivity index (χ3v) is 6.17. The highest BCUT2D eigenvalue weighted by Crippen LogP contribution is 2.37. The van der Waals surface area contributed by atoms with Crippen LogP contribution in [0.25, 0.3) is 0 Å².